The van der Waals surface area contributed by atoms with Crippen molar-refractivity contribution in [2.24, 2.45) is 5.73 Å². The summed E-state index contributed by atoms with van der Waals surface area (Å²) in [5.74, 6) is 0. The Morgan fingerprint density at radius 1 is 1.12 bits per heavy atom. The summed E-state index contributed by atoms with van der Waals surface area (Å²) in [5.41, 5.74) is 9.03. The summed E-state index contributed by atoms with van der Waals surface area (Å²) < 4.78 is 0. The van der Waals surface area contributed by atoms with Crippen LogP contribution in [0.3, 0.4) is 0 Å². The molecule has 1 aromatic carbocycles. The van der Waals surface area contributed by atoms with Gasteiger partial charge in [0.25, 0.3) is 0 Å². The van der Waals surface area contributed by atoms with E-state index in [1.165, 1.54) is 11.9 Å². The minimum absolute atomic E-state index is 0.549. The summed E-state index contributed by atoms with van der Waals surface area (Å²) in [6.07, 6.45) is 5.04. The first-order valence-corrected chi connectivity index (χ1v) is 5.23. The molecule has 2 N–H and O–H groups in total. The number of hydrogen-bond donors (Lipinski definition) is 1. The minimum atomic E-state index is -0.549. The van der Waals surface area contributed by atoms with Crippen LogP contribution in [0.25, 0.3) is 0 Å². The smallest absolute Gasteiger partial charge is 0.115 e. The van der Waals surface area contributed by atoms with Gasteiger partial charge in [0.2, 0.25) is 0 Å². The Morgan fingerprint density at radius 2 is 1.75 bits per heavy atom. The zero-order valence-corrected chi connectivity index (χ0v) is 9.51. The second-order valence-corrected chi connectivity index (χ2v) is 4.14. The molecular weight excluding hydrogens is 198 g/mol. The molecule has 0 bridgehead atoms. The monoisotopic (exact) mass is 213 g/mol. The van der Waals surface area contributed by atoms with E-state index in [0.29, 0.717) is 0 Å². The number of nitrogens with zero attached hydrogens (tertiary/aromatic N) is 2. The first-order valence-electron chi connectivity index (χ1n) is 5.23. The quantitative estimate of drug-likeness (QED) is 0.830. The molecule has 3 nitrogen and oxygen atoms in total. The van der Waals surface area contributed by atoms with Crippen molar-refractivity contribution >= 4 is 0 Å². The lowest BCUT2D eigenvalue weighted by molar-refractivity contribution is 0.592. The maximum absolute atomic E-state index is 6.38. The van der Waals surface area contributed by atoms with Gasteiger partial charge in [-0.1, -0.05) is 24.3 Å². The molecule has 3 heteroatoms. The molecule has 0 saturated carbocycles. The van der Waals surface area contributed by atoms with Crippen LogP contribution in [0.5, 0.6) is 0 Å². The molecule has 0 aliphatic rings. The molecule has 0 radical (unpaired) electrons. The summed E-state index contributed by atoms with van der Waals surface area (Å²) in [7, 11) is 0. The van der Waals surface area contributed by atoms with Gasteiger partial charge in [-0.15, -0.1) is 0 Å². The molecule has 1 atom stereocenters. The first-order chi connectivity index (χ1) is 7.62. The van der Waals surface area contributed by atoms with Gasteiger partial charge in [0.05, 0.1) is 5.54 Å². The van der Waals surface area contributed by atoms with Crippen LogP contribution in [0.1, 0.15) is 23.6 Å². The average Bonchev–Trinajstić information content (AvgIpc) is 2.30. The normalized spacial score (nSPS) is 14.4. The lowest BCUT2D eigenvalue weighted by Gasteiger charge is -2.26. The van der Waals surface area contributed by atoms with Crippen LogP contribution in [-0.4, -0.2) is 9.97 Å². The maximum atomic E-state index is 6.38. The Kier molecular flexibility index (Phi) is 2.71. The fourth-order valence-corrected chi connectivity index (χ4v) is 1.88. The molecular formula is C13H15N3. The van der Waals surface area contributed by atoms with E-state index in [9.17, 15) is 0 Å². The van der Waals surface area contributed by atoms with E-state index in [2.05, 4.69) is 23.0 Å². The van der Waals surface area contributed by atoms with E-state index in [1.54, 1.807) is 12.4 Å². The Bertz CT molecular complexity index is 478. The van der Waals surface area contributed by atoms with Crippen LogP contribution in [0.4, 0.5) is 0 Å². The van der Waals surface area contributed by atoms with E-state index < -0.39 is 5.54 Å². The van der Waals surface area contributed by atoms with Crippen LogP contribution in [0.2, 0.25) is 0 Å². The van der Waals surface area contributed by atoms with E-state index in [-0.39, 0.29) is 0 Å². The third-order valence-electron chi connectivity index (χ3n) is 2.86. The molecule has 0 spiro atoms. The molecule has 0 amide bonds. The van der Waals surface area contributed by atoms with Gasteiger partial charge >= 0.3 is 0 Å². The Balaban J connectivity index is 2.51. The number of benzene rings is 1. The summed E-state index contributed by atoms with van der Waals surface area (Å²) in [4.78, 5) is 8.03. The van der Waals surface area contributed by atoms with Crippen molar-refractivity contribution < 1.29 is 0 Å². The predicted octanol–water partition coefficient (Wildman–Crippen LogP) is 2.01. The van der Waals surface area contributed by atoms with Gasteiger partial charge in [-0.2, -0.15) is 0 Å². The second-order valence-electron chi connectivity index (χ2n) is 4.14. The van der Waals surface area contributed by atoms with E-state index >= 15 is 0 Å². The number of hydrogen-bond acceptors (Lipinski definition) is 3. The Morgan fingerprint density at radius 3 is 2.38 bits per heavy atom. The molecule has 1 unspecified atom stereocenters. The molecule has 0 aliphatic heterocycles. The first kappa shape index (κ1) is 10.8. The molecule has 1 heterocycles. The lowest BCUT2D eigenvalue weighted by Crippen LogP contribution is -2.35. The Labute approximate surface area is 95.4 Å². The number of rotatable bonds is 2. The van der Waals surface area contributed by atoms with Gasteiger partial charge < -0.3 is 5.73 Å². The highest BCUT2D eigenvalue weighted by atomic mass is 14.8. The van der Waals surface area contributed by atoms with Crippen LogP contribution in [0.15, 0.2) is 43.0 Å². The van der Waals surface area contributed by atoms with Crippen molar-refractivity contribution in [2.75, 3.05) is 0 Å². The van der Waals surface area contributed by atoms with Crippen molar-refractivity contribution in [3.05, 3.63) is 59.7 Å². The van der Waals surface area contributed by atoms with Crippen molar-refractivity contribution in [2.45, 2.75) is 19.4 Å². The molecule has 0 fully saturated rings. The van der Waals surface area contributed by atoms with E-state index in [0.717, 1.165) is 11.1 Å². The van der Waals surface area contributed by atoms with Gasteiger partial charge in [0, 0.05) is 18.0 Å². The molecule has 1 aromatic heterocycles. The number of aryl methyl sites for hydroxylation is 1. The highest BCUT2D eigenvalue weighted by Gasteiger charge is 2.25. The lowest BCUT2D eigenvalue weighted by atomic mass is 9.85. The Hall–Kier alpha value is -1.74. The summed E-state index contributed by atoms with van der Waals surface area (Å²) >= 11 is 0. The molecule has 82 valence electrons. The molecule has 0 aliphatic carbocycles. The molecule has 0 saturated heterocycles. The fourth-order valence-electron chi connectivity index (χ4n) is 1.88. The minimum Gasteiger partial charge on any atom is -0.318 e. The largest absolute Gasteiger partial charge is 0.318 e. The third-order valence-corrected chi connectivity index (χ3v) is 2.86. The number of aromatic nitrogens is 2. The van der Waals surface area contributed by atoms with Gasteiger partial charge in [-0.05, 0) is 25.0 Å². The average molecular weight is 213 g/mol. The standard InChI is InChI=1S/C13H15N3/c1-10-5-3-4-6-12(10)13(2,14)11-7-15-9-16-8-11/h3-9H,14H2,1-2H3. The topological polar surface area (TPSA) is 51.8 Å². The summed E-state index contributed by atoms with van der Waals surface area (Å²) in [5, 5.41) is 0. The van der Waals surface area contributed by atoms with E-state index in [1.807, 2.05) is 25.1 Å². The highest BCUT2D eigenvalue weighted by molar-refractivity contribution is 5.39. The van der Waals surface area contributed by atoms with Crippen molar-refractivity contribution in [1.29, 1.82) is 0 Å². The van der Waals surface area contributed by atoms with Crippen LogP contribution in [-0.2, 0) is 5.54 Å². The summed E-state index contributed by atoms with van der Waals surface area (Å²) in [6.45, 7) is 4.04. The molecule has 16 heavy (non-hydrogen) atoms. The molecule has 2 aromatic rings. The highest BCUT2D eigenvalue weighted by Crippen LogP contribution is 2.27. The van der Waals surface area contributed by atoms with Gasteiger partial charge in [0.15, 0.2) is 0 Å². The molecule has 2 rings (SSSR count). The van der Waals surface area contributed by atoms with Crippen LogP contribution < -0.4 is 5.73 Å². The zero-order chi connectivity index (χ0) is 11.6. The maximum Gasteiger partial charge on any atom is 0.115 e. The van der Waals surface area contributed by atoms with Crippen LogP contribution in [0, 0.1) is 6.92 Å². The third kappa shape index (κ3) is 1.82. The van der Waals surface area contributed by atoms with Crippen molar-refractivity contribution in [3.63, 3.8) is 0 Å². The second kappa shape index (κ2) is 4.02. The number of nitrogens with two attached hydrogens (primary N) is 1. The van der Waals surface area contributed by atoms with Crippen molar-refractivity contribution in [3.8, 4) is 0 Å². The SMILES string of the molecule is Cc1ccccc1C(C)(N)c1cncnc1. The van der Waals surface area contributed by atoms with Gasteiger partial charge in [-0.3, -0.25) is 0 Å². The van der Waals surface area contributed by atoms with E-state index in [4.69, 9.17) is 5.73 Å². The zero-order valence-electron chi connectivity index (χ0n) is 9.51. The fraction of sp³-hybridized carbons (Fsp3) is 0.231. The predicted molar refractivity (Wildman–Crippen MR) is 63.9 cm³/mol. The summed E-state index contributed by atoms with van der Waals surface area (Å²) in [6, 6.07) is 8.11. The van der Waals surface area contributed by atoms with Gasteiger partial charge in [0.1, 0.15) is 6.33 Å². The van der Waals surface area contributed by atoms with Gasteiger partial charge in [-0.25, -0.2) is 9.97 Å². The van der Waals surface area contributed by atoms with Crippen LogP contribution >= 0.6 is 0 Å². The van der Waals surface area contributed by atoms with Crippen molar-refractivity contribution in [1.82, 2.24) is 9.97 Å².